The normalized spacial score (nSPS) is 10.7. The average molecular weight is 233 g/mol. The minimum absolute atomic E-state index is 0.906. The van der Waals surface area contributed by atoms with Crippen LogP contribution >= 0.6 is 0 Å². The van der Waals surface area contributed by atoms with Crippen LogP contribution in [-0.2, 0) is 4.79 Å². The molecular weight excluding hydrogens is 214 g/mol. The highest BCUT2D eigenvalue weighted by atomic mass is 16.4. The predicted molar refractivity (Wildman–Crippen MR) is 71.3 cm³/mol. The Bertz CT molecular complexity index is 382. The van der Waals surface area contributed by atoms with Crippen LogP contribution in [0, 0.1) is 0 Å². The molecule has 0 amide bonds. The average Bonchev–Trinajstić information content (AvgIpc) is 2.34. The van der Waals surface area contributed by atoms with Gasteiger partial charge in [0, 0.05) is 24.9 Å². The summed E-state index contributed by atoms with van der Waals surface area (Å²) in [6.45, 7) is 6.32. The smallest absolute Gasteiger partial charge is 0.328 e. The number of carbonyl (C=O) groups is 1. The van der Waals surface area contributed by atoms with Crippen molar-refractivity contribution in [1.82, 2.24) is 0 Å². The molecule has 1 N–H and O–H groups in total. The van der Waals surface area contributed by atoms with E-state index in [-0.39, 0.29) is 0 Å². The van der Waals surface area contributed by atoms with Gasteiger partial charge in [-0.2, -0.15) is 0 Å². The van der Waals surface area contributed by atoms with Crippen LogP contribution in [0.3, 0.4) is 0 Å². The van der Waals surface area contributed by atoms with Crippen LogP contribution in [0.5, 0.6) is 0 Å². The number of carboxylic acids is 1. The Balaban J connectivity index is 2.76. The molecule has 0 heterocycles. The third kappa shape index (κ3) is 4.31. The minimum atomic E-state index is -0.921. The van der Waals surface area contributed by atoms with Crippen LogP contribution in [0.15, 0.2) is 30.3 Å². The summed E-state index contributed by atoms with van der Waals surface area (Å²) in [6.07, 6.45) is 3.87. The zero-order chi connectivity index (χ0) is 12.7. The van der Waals surface area contributed by atoms with E-state index in [1.54, 1.807) is 6.08 Å². The van der Waals surface area contributed by atoms with Crippen molar-refractivity contribution in [2.45, 2.75) is 20.3 Å². The lowest BCUT2D eigenvalue weighted by Gasteiger charge is -2.22. The molecule has 0 bridgehead atoms. The molecule has 3 nitrogen and oxygen atoms in total. The van der Waals surface area contributed by atoms with Crippen molar-refractivity contribution in [1.29, 1.82) is 0 Å². The van der Waals surface area contributed by atoms with Gasteiger partial charge in [0.15, 0.2) is 0 Å². The number of benzene rings is 1. The van der Waals surface area contributed by atoms with Gasteiger partial charge < -0.3 is 10.0 Å². The number of hydrogen-bond acceptors (Lipinski definition) is 2. The van der Waals surface area contributed by atoms with E-state index in [1.165, 1.54) is 5.69 Å². The molecule has 0 aliphatic rings. The number of anilines is 1. The molecule has 0 aliphatic heterocycles. The maximum Gasteiger partial charge on any atom is 0.328 e. The second-order valence-electron chi connectivity index (χ2n) is 3.84. The van der Waals surface area contributed by atoms with E-state index >= 15 is 0 Å². The maximum atomic E-state index is 10.4. The van der Waals surface area contributed by atoms with Crippen molar-refractivity contribution in [3.05, 3.63) is 35.9 Å². The van der Waals surface area contributed by atoms with Crippen LogP contribution < -0.4 is 4.90 Å². The van der Waals surface area contributed by atoms with Gasteiger partial charge in [0.25, 0.3) is 0 Å². The lowest BCUT2D eigenvalue weighted by atomic mass is 10.2. The van der Waals surface area contributed by atoms with Crippen LogP contribution in [0.2, 0.25) is 0 Å². The number of carboxylic acid groups (broad SMARTS) is 1. The Hall–Kier alpha value is -1.77. The Labute approximate surface area is 102 Å². The summed E-state index contributed by atoms with van der Waals surface area (Å²) in [4.78, 5) is 12.7. The van der Waals surface area contributed by atoms with E-state index in [4.69, 9.17) is 5.11 Å². The standard InChI is InChI=1S/C14H19NO2/c1-3-11-15(4-2)13-8-5-12(6-9-13)7-10-14(16)17/h5-10H,3-4,11H2,1-2H3,(H,16,17)/b10-7+. The van der Waals surface area contributed by atoms with Crippen molar-refractivity contribution in [3.8, 4) is 0 Å². The lowest BCUT2D eigenvalue weighted by Crippen LogP contribution is -2.23. The van der Waals surface area contributed by atoms with Gasteiger partial charge in [-0.1, -0.05) is 19.1 Å². The first kappa shape index (κ1) is 13.3. The largest absolute Gasteiger partial charge is 0.478 e. The summed E-state index contributed by atoms with van der Waals surface area (Å²) in [7, 11) is 0. The fourth-order valence-corrected chi connectivity index (χ4v) is 1.70. The van der Waals surface area contributed by atoms with Gasteiger partial charge >= 0.3 is 5.97 Å². The van der Waals surface area contributed by atoms with Gasteiger partial charge in [-0.05, 0) is 37.1 Å². The van der Waals surface area contributed by atoms with Crippen LogP contribution in [0.4, 0.5) is 5.69 Å². The number of hydrogen-bond donors (Lipinski definition) is 1. The van der Waals surface area contributed by atoms with Crippen molar-refractivity contribution < 1.29 is 9.90 Å². The first-order valence-electron chi connectivity index (χ1n) is 5.93. The monoisotopic (exact) mass is 233 g/mol. The van der Waals surface area contributed by atoms with E-state index in [2.05, 4.69) is 18.7 Å². The molecular formula is C14H19NO2. The molecule has 92 valence electrons. The summed E-state index contributed by atoms with van der Waals surface area (Å²) in [6, 6.07) is 7.93. The highest BCUT2D eigenvalue weighted by molar-refractivity contribution is 5.85. The fraction of sp³-hybridized carbons (Fsp3) is 0.357. The van der Waals surface area contributed by atoms with Crippen LogP contribution in [-0.4, -0.2) is 24.2 Å². The molecule has 0 radical (unpaired) electrons. The molecule has 0 aliphatic carbocycles. The van der Waals surface area contributed by atoms with E-state index in [1.807, 2.05) is 24.3 Å². The second kappa shape index (κ2) is 6.74. The zero-order valence-corrected chi connectivity index (χ0v) is 10.4. The Morgan fingerprint density at radius 3 is 2.41 bits per heavy atom. The Morgan fingerprint density at radius 1 is 1.29 bits per heavy atom. The Morgan fingerprint density at radius 2 is 1.94 bits per heavy atom. The molecule has 0 unspecified atom stereocenters. The van der Waals surface area contributed by atoms with Gasteiger partial charge in [-0.3, -0.25) is 0 Å². The number of nitrogens with zero attached hydrogens (tertiary/aromatic N) is 1. The topological polar surface area (TPSA) is 40.5 Å². The van der Waals surface area contributed by atoms with E-state index < -0.39 is 5.97 Å². The maximum absolute atomic E-state index is 10.4. The third-order valence-electron chi connectivity index (χ3n) is 2.55. The van der Waals surface area contributed by atoms with Gasteiger partial charge in [0.2, 0.25) is 0 Å². The Kier molecular flexibility index (Phi) is 5.27. The summed E-state index contributed by atoms with van der Waals surface area (Å²) < 4.78 is 0. The fourth-order valence-electron chi connectivity index (χ4n) is 1.70. The summed E-state index contributed by atoms with van der Waals surface area (Å²) in [5.41, 5.74) is 2.09. The van der Waals surface area contributed by atoms with Gasteiger partial charge in [0.05, 0.1) is 0 Å². The van der Waals surface area contributed by atoms with Gasteiger partial charge in [0.1, 0.15) is 0 Å². The van der Waals surface area contributed by atoms with Crippen LogP contribution in [0.25, 0.3) is 6.08 Å². The van der Waals surface area contributed by atoms with Gasteiger partial charge in [-0.15, -0.1) is 0 Å². The first-order valence-corrected chi connectivity index (χ1v) is 5.93. The molecule has 17 heavy (non-hydrogen) atoms. The summed E-state index contributed by atoms with van der Waals surface area (Å²) in [5, 5.41) is 8.53. The summed E-state index contributed by atoms with van der Waals surface area (Å²) >= 11 is 0. The molecule has 3 heteroatoms. The zero-order valence-electron chi connectivity index (χ0n) is 10.4. The predicted octanol–water partition coefficient (Wildman–Crippen LogP) is 3.02. The SMILES string of the molecule is CCCN(CC)c1ccc(/C=C/C(=O)O)cc1. The van der Waals surface area contributed by atoms with Crippen molar-refractivity contribution in [2.75, 3.05) is 18.0 Å². The minimum Gasteiger partial charge on any atom is -0.478 e. The van der Waals surface area contributed by atoms with Gasteiger partial charge in [-0.25, -0.2) is 4.79 Å². The molecule has 0 fully saturated rings. The van der Waals surface area contributed by atoms with Crippen molar-refractivity contribution >= 4 is 17.7 Å². The summed E-state index contributed by atoms with van der Waals surface area (Å²) in [5.74, 6) is -0.921. The van der Waals surface area contributed by atoms with E-state index in [9.17, 15) is 4.79 Å². The van der Waals surface area contributed by atoms with Crippen LogP contribution in [0.1, 0.15) is 25.8 Å². The van der Waals surface area contributed by atoms with E-state index in [0.717, 1.165) is 31.1 Å². The molecule has 0 saturated carbocycles. The number of aliphatic carboxylic acids is 1. The first-order chi connectivity index (χ1) is 8.17. The highest BCUT2D eigenvalue weighted by Gasteiger charge is 2.01. The molecule has 0 spiro atoms. The molecule has 1 aromatic rings. The van der Waals surface area contributed by atoms with E-state index in [0.29, 0.717) is 0 Å². The third-order valence-corrected chi connectivity index (χ3v) is 2.55. The quantitative estimate of drug-likeness (QED) is 0.768. The molecule has 0 atom stereocenters. The molecule has 0 saturated heterocycles. The molecule has 1 aromatic carbocycles. The van der Waals surface area contributed by atoms with Crippen molar-refractivity contribution in [2.24, 2.45) is 0 Å². The molecule has 0 aromatic heterocycles. The lowest BCUT2D eigenvalue weighted by molar-refractivity contribution is -0.131. The number of rotatable bonds is 6. The van der Waals surface area contributed by atoms with Crippen molar-refractivity contribution in [3.63, 3.8) is 0 Å². The molecule has 1 rings (SSSR count). The second-order valence-corrected chi connectivity index (χ2v) is 3.84. The highest BCUT2D eigenvalue weighted by Crippen LogP contribution is 2.16.